The van der Waals surface area contributed by atoms with Gasteiger partial charge in [0, 0.05) is 12.3 Å². The molecule has 0 aliphatic heterocycles. The summed E-state index contributed by atoms with van der Waals surface area (Å²) < 4.78 is 4.66. The summed E-state index contributed by atoms with van der Waals surface area (Å²) in [4.78, 5) is 4.02. The Bertz CT molecular complexity index is 237. The summed E-state index contributed by atoms with van der Waals surface area (Å²) in [6, 6.07) is 0. The summed E-state index contributed by atoms with van der Waals surface area (Å²) in [5, 5.41) is 0.768. The van der Waals surface area contributed by atoms with Gasteiger partial charge in [-0.15, -0.1) is 0 Å². The van der Waals surface area contributed by atoms with Crippen LogP contribution in [0.1, 0.15) is 11.6 Å². The topological polar surface area (TPSA) is 26.0 Å². The second kappa shape index (κ2) is 6.98. The molecule has 13 heavy (non-hydrogen) atoms. The van der Waals surface area contributed by atoms with Crippen molar-refractivity contribution in [2.24, 2.45) is 0 Å². The zero-order valence-corrected chi connectivity index (χ0v) is 14.5. The number of halogens is 5. The molecule has 1 aromatic rings. The summed E-state index contributed by atoms with van der Waals surface area (Å²) in [7, 11) is 0. The second-order valence-corrected chi connectivity index (χ2v) is 13.6. The lowest BCUT2D eigenvalue weighted by Gasteiger charge is -1.93. The maximum Gasteiger partial charge on any atom is 0.191 e. The molecule has 0 N–H and O–H groups in total. The largest absolute Gasteiger partial charge is 0.449 e. The van der Waals surface area contributed by atoms with Crippen molar-refractivity contribution in [3.63, 3.8) is 0 Å². The van der Waals surface area contributed by atoms with Gasteiger partial charge in [-0.2, -0.15) is 0 Å². The van der Waals surface area contributed by atoms with Gasteiger partial charge in [0.15, 0.2) is 6.94 Å². The maximum atomic E-state index is 4.91. The van der Waals surface area contributed by atoms with Crippen LogP contribution in [0, 0.1) is 6.92 Å². The second-order valence-electron chi connectivity index (χ2n) is 1.92. The number of hydrogen-bond donors (Lipinski definition) is 0. The fraction of sp³-hybridized carbons (Fsp3) is 0.500. The zero-order chi connectivity index (χ0) is 10.5. The number of rotatable bonds is 1. The Morgan fingerprint density at radius 2 is 1.85 bits per heavy atom. The van der Waals surface area contributed by atoms with Gasteiger partial charge in [0.05, 0.1) is 5.69 Å². The number of oxazole rings is 1. The number of alkyl halides is 5. The van der Waals surface area contributed by atoms with Crippen molar-refractivity contribution in [2.75, 3.05) is 0 Å². The minimum atomic E-state index is -0.250. The van der Waals surface area contributed by atoms with Crippen LogP contribution < -0.4 is 0 Å². The van der Waals surface area contributed by atoms with E-state index in [1.807, 2.05) is 6.92 Å². The van der Waals surface area contributed by atoms with E-state index >= 15 is 0 Å². The van der Waals surface area contributed by atoms with Gasteiger partial charge < -0.3 is 4.42 Å². The molecule has 7 heteroatoms. The summed E-state index contributed by atoms with van der Waals surface area (Å²) in [6.45, 7) is 1.83. The standard InChI is InChI=1S/C5H6BrNO.CBr4/c1-4-7-5(2-6)3-8-4;2-1(3,4)5/h3H,2H2,1H3;. The molecular weight excluding hydrogens is 502 g/mol. The minimum absolute atomic E-state index is 0.250. The molecule has 0 aromatic carbocycles. The smallest absolute Gasteiger partial charge is 0.191 e. The summed E-state index contributed by atoms with van der Waals surface area (Å²) in [5.74, 6) is 0.722. The number of aromatic nitrogens is 1. The van der Waals surface area contributed by atoms with Crippen LogP contribution in [0.2, 0.25) is 0 Å². The van der Waals surface area contributed by atoms with E-state index in [1.54, 1.807) is 6.26 Å². The highest BCUT2D eigenvalue weighted by Gasteiger charge is 2.08. The highest BCUT2D eigenvalue weighted by Crippen LogP contribution is 2.39. The van der Waals surface area contributed by atoms with Crippen LogP contribution in [0.4, 0.5) is 0 Å². The lowest BCUT2D eigenvalue weighted by atomic mass is 10.6. The number of aryl methyl sites for hydroxylation is 1. The Kier molecular flexibility index (Phi) is 7.84. The molecule has 0 aliphatic carbocycles. The van der Waals surface area contributed by atoms with Gasteiger partial charge in [-0.25, -0.2) is 4.98 Å². The van der Waals surface area contributed by atoms with E-state index in [9.17, 15) is 0 Å². The lowest BCUT2D eigenvalue weighted by Crippen LogP contribution is -1.75. The van der Waals surface area contributed by atoms with E-state index in [-0.39, 0.29) is 1.05 Å². The lowest BCUT2D eigenvalue weighted by molar-refractivity contribution is 0.521. The van der Waals surface area contributed by atoms with Crippen LogP contribution in [-0.2, 0) is 5.33 Å². The average Bonchev–Trinajstić information content (AvgIpc) is 2.31. The Morgan fingerprint density at radius 1 is 1.38 bits per heavy atom. The first-order chi connectivity index (χ1) is 5.83. The van der Waals surface area contributed by atoms with Crippen LogP contribution in [-0.4, -0.2) is 6.04 Å². The minimum Gasteiger partial charge on any atom is -0.449 e. The van der Waals surface area contributed by atoms with Crippen LogP contribution in [0.3, 0.4) is 0 Å². The molecular formula is C6H6Br5NO. The van der Waals surface area contributed by atoms with E-state index in [0.29, 0.717) is 0 Å². The average molecular weight is 508 g/mol. The highest BCUT2D eigenvalue weighted by atomic mass is 80.0. The molecule has 0 saturated heterocycles. The maximum absolute atomic E-state index is 4.91. The Labute approximate surface area is 119 Å². The fourth-order valence-corrected chi connectivity index (χ4v) is 0.727. The van der Waals surface area contributed by atoms with Gasteiger partial charge >= 0.3 is 0 Å². The third-order valence-electron chi connectivity index (χ3n) is 0.803. The van der Waals surface area contributed by atoms with Crippen LogP contribution in [0.5, 0.6) is 0 Å². The van der Waals surface area contributed by atoms with Gasteiger partial charge in [-0.05, 0) is 63.7 Å². The molecule has 0 bridgehead atoms. The predicted octanol–water partition coefficient (Wildman–Crippen LogP) is 5.06. The highest BCUT2D eigenvalue weighted by molar-refractivity contribution is 9.52. The van der Waals surface area contributed by atoms with Crippen molar-refractivity contribution in [2.45, 2.75) is 13.3 Å². The molecule has 0 aliphatic rings. The van der Waals surface area contributed by atoms with Gasteiger partial charge in [0.25, 0.3) is 0 Å². The third-order valence-corrected chi connectivity index (χ3v) is 1.38. The first-order valence-electron chi connectivity index (χ1n) is 3.05. The van der Waals surface area contributed by atoms with E-state index in [4.69, 9.17) is 4.42 Å². The van der Waals surface area contributed by atoms with Gasteiger partial charge in [-0.1, -0.05) is 15.9 Å². The Morgan fingerprint density at radius 3 is 2.00 bits per heavy atom. The molecule has 0 amide bonds. The zero-order valence-electron chi connectivity index (χ0n) is 6.53. The van der Waals surface area contributed by atoms with E-state index in [0.717, 1.165) is 16.9 Å². The number of nitrogens with zero attached hydrogens (tertiary/aromatic N) is 1. The molecule has 0 saturated carbocycles. The van der Waals surface area contributed by atoms with Crippen LogP contribution in [0.25, 0.3) is 0 Å². The fourth-order valence-electron chi connectivity index (χ4n) is 0.470. The van der Waals surface area contributed by atoms with Crippen LogP contribution >= 0.6 is 79.6 Å². The van der Waals surface area contributed by atoms with Crippen molar-refractivity contribution in [3.05, 3.63) is 17.8 Å². The third kappa shape index (κ3) is 11.5. The van der Waals surface area contributed by atoms with Gasteiger partial charge in [0.1, 0.15) is 6.26 Å². The number of hydrogen-bond acceptors (Lipinski definition) is 2. The predicted molar refractivity (Wildman–Crippen MR) is 72.3 cm³/mol. The molecule has 1 aromatic heterocycles. The van der Waals surface area contributed by atoms with E-state index < -0.39 is 0 Å². The Balaban J connectivity index is 0.000000252. The summed E-state index contributed by atoms with van der Waals surface area (Å²) in [5.41, 5.74) is 0.947. The van der Waals surface area contributed by atoms with Crippen molar-refractivity contribution in [1.29, 1.82) is 0 Å². The molecule has 1 rings (SSSR count). The van der Waals surface area contributed by atoms with Crippen molar-refractivity contribution in [1.82, 2.24) is 4.98 Å². The SMILES string of the molecule is BrC(Br)(Br)Br.Cc1nc(CBr)co1. The van der Waals surface area contributed by atoms with Crippen molar-refractivity contribution in [3.8, 4) is 0 Å². The first kappa shape index (κ1) is 14.6. The molecule has 0 atom stereocenters. The van der Waals surface area contributed by atoms with Crippen LogP contribution in [0.15, 0.2) is 10.7 Å². The molecule has 0 fully saturated rings. The summed E-state index contributed by atoms with van der Waals surface area (Å²) >= 11 is 15.7. The first-order valence-corrected chi connectivity index (χ1v) is 7.35. The molecule has 0 spiro atoms. The van der Waals surface area contributed by atoms with Crippen molar-refractivity contribution >= 4 is 79.6 Å². The quantitative estimate of drug-likeness (QED) is 0.497. The molecule has 0 radical (unpaired) electrons. The molecule has 76 valence electrons. The van der Waals surface area contributed by atoms with Gasteiger partial charge in [-0.3, -0.25) is 0 Å². The van der Waals surface area contributed by atoms with E-state index in [1.165, 1.54) is 0 Å². The normalized spacial score (nSPS) is 10.6. The van der Waals surface area contributed by atoms with Crippen molar-refractivity contribution < 1.29 is 4.42 Å². The molecule has 0 unspecified atom stereocenters. The molecule has 2 nitrogen and oxygen atoms in total. The Hall–Kier alpha value is 1.61. The monoisotopic (exact) mass is 503 g/mol. The van der Waals surface area contributed by atoms with E-state index in [2.05, 4.69) is 84.6 Å². The van der Waals surface area contributed by atoms with Gasteiger partial charge in [0.2, 0.25) is 0 Å². The summed E-state index contributed by atoms with van der Waals surface area (Å²) in [6.07, 6.45) is 1.64. The molecule has 1 heterocycles.